The molecule has 0 radical (unpaired) electrons. The lowest BCUT2D eigenvalue weighted by Gasteiger charge is -2.49. The van der Waals surface area contributed by atoms with Gasteiger partial charge in [-0.05, 0) is 80.1 Å². The van der Waals surface area contributed by atoms with Crippen molar-refractivity contribution in [3.8, 4) is 5.75 Å². The summed E-state index contributed by atoms with van der Waals surface area (Å²) in [5.41, 5.74) is 2.87. The highest BCUT2D eigenvalue weighted by Gasteiger charge is 2.38. The molecule has 198 valence electrons. The second-order valence-electron chi connectivity index (χ2n) is 9.87. The maximum atomic E-state index is 13.1. The van der Waals surface area contributed by atoms with Gasteiger partial charge in [0.2, 0.25) is 6.54 Å². The molecule has 0 unspecified atom stereocenters. The number of nitrogens with zero attached hydrogens (tertiary/aromatic N) is 3. The smallest absolute Gasteiger partial charge is 0.416 e. The van der Waals surface area contributed by atoms with Crippen molar-refractivity contribution < 1.29 is 27.8 Å². The summed E-state index contributed by atoms with van der Waals surface area (Å²) in [6.45, 7) is 12.8. The van der Waals surface area contributed by atoms with Crippen molar-refractivity contribution in [2.24, 2.45) is 0 Å². The molecule has 4 rings (SSSR count). The van der Waals surface area contributed by atoms with E-state index in [0.29, 0.717) is 25.4 Å². The van der Waals surface area contributed by atoms with E-state index in [1.807, 2.05) is 13.0 Å². The molecule has 0 aromatic heterocycles. The Morgan fingerprint density at radius 1 is 1.14 bits per heavy atom. The van der Waals surface area contributed by atoms with Gasteiger partial charge < -0.3 is 19.6 Å². The fourth-order valence-electron chi connectivity index (χ4n) is 5.43. The van der Waals surface area contributed by atoms with Gasteiger partial charge in [-0.2, -0.15) is 13.2 Å². The summed E-state index contributed by atoms with van der Waals surface area (Å²) in [6.07, 6.45) is -2.25. The number of hydrogen-bond acceptors (Lipinski definition) is 4. The fraction of sp³-hybridized carbons (Fsp3) is 0.500. The molecule has 0 spiro atoms. The first-order valence-electron chi connectivity index (χ1n) is 12.6. The van der Waals surface area contributed by atoms with E-state index < -0.39 is 17.8 Å². The van der Waals surface area contributed by atoms with Gasteiger partial charge in [0, 0.05) is 37.3 Å². The van der Waals surface area contributed by atoms with Crippen LogP contribution in [0.4, 0.5) is 13.2 Å². The number of piperidine rings is 1. The molecule has 9 heteroatoms. The van der Waals surface area contributed by atoms with Gasteiger partial charge >= 0.3 is 6.18 Å². The maximum Gasteiger partial charge on any atom is 0.416 e. The van der Waals surface area contributed by atoms with E-state index in [9.17, 15) is 23.1 Å². The Kier molecular flexibility index (Phi) is 8.10. The third-order valence-corrected chi connectivity index (χ3v) is 7.56. The third kappa shape index (κ3) is 5.91. The van der Waals surface area contributed by atoms with Crippen LogP contribution < -0.4 is 4.74 Å². The first-order chi connectivity index (χ1) is 17.6. The molecule has 2 aliphatic rings. The van der Waals surface area contributed by atoms with Gasteiger partial charge in [0.1, 0.15) is 12.4 Å². The number of benzene rings is 2. The molecule has 2 aromatic carbocycles. The van der Waals surface area contributed by atoms with Crippen LogP contribution in [0.1, 0.15) is 57.9 Å². The van der Waals surface area contributed by atoms with Gasteiger partial charge in [-0.15, -0.1) is 0 Å². The Bertz CT molecular complexity index is 1160. The van der Waals surface area contributed by atoms with Crippen molar-refractivity contribution in [3.05, 3.63) is 75.6 Å². The molecule has 2 fully saturated rings. The number of hydrogen-bond donors (Lipinski definition) is 1. The fourth-order valence-corrected chi connectivity index (χ4v) is 5.43. The SMILES string of the molecule is [C-]#[N+]C[C@H](O)COc1ccc([C@H]2CCC[C@H]3CN(C(=O)c4ccc(C(F)(F)F)cc4)CCN32)c(C)c1C. The number of alkyl halides is 3. The molecule has 2 aromatic rings. The van der Waals surface area contributed by atoms with E-state index in [0.717, 1.165) is 42.5 Å². The average Bonchev–Trinajstić information content (AvgIpc) is 2.88. The van der Waals surface area contributed by atoms with E-state index in [-0.39, 0.29) is 36.7 Å². The van der Waals surface area contributed by atoms with Crippen LogP contribution in [0.25, 0.3) is 4.85 Å². The number of rotatable bonds is 6. The molecule has 6 nitrogen and oxygen atoms in total. The standard InChI is InChI=1S/C28H32F3N3O3/c1-18-19(2)26(37-17-23(35)15-32-3)12-11-24(18)25-6-4-5-22-16-33(13-14-34(22)25)27(36)20-7-9-21(10-8-20)28(29,30)31/h7-12,22-23,25,35H,4-6,13-17H2,1-2H3/t22-,23-,25+/m0/s1. The number of carbonyl (C=O) groups excluding carboxylic acids is 1. The van der Waals surface area contributed by atoms with Crippen LogP contribution in [0.3, 0.4) is 0 Å². The van der Waals surface area contributed by atoms with E-state index in [4.69, 9.17) is 11.3 Å². The Morgan fingerprint density at radius 3 is 2.54 bits per heavy atom. The highest BCUT2D eigenvalue weighted by molar-refractivity contribution is 5.94. The van der Waals surface area contributed by atoms with Crippen molar-refractivity contribution in [2.75, 3.05) is 32.8 Å². The summed E-state index contributed by atoms with van der Waals surface area (Å²) >= 11 is 0. The topological polar surface area (TPSA) is 57.4 Å². The Labute approximate surface area is 215 Å². The predicted octanol–water partition coefficient (Wildman–Crippen LogP) is 5.03. The number of amides is 1. The first kappa shape index (κ1) is 27.0. The highest BCUT2D eigenvalue weighted by Crippen LogP contribution is 2.39. The molecule has 37 heavy (non-hydrogen) atoms. The largest absolute Gasteiger partial charge is 0.490 e. The molecule has 0 aliphatic carbocycles. The summed E-state index contributed by atoms with van der Waals surface area (Å²) in [4.78, 5) is 20.5. The minimum Gasteiger partial charge on any atom is -0.490 e. The van der Waals surface area contributed by atoms with E-state index in [1.54, 1.807) is 4.90 Å². The van der Waals surface area contributed by atoms with Crippen LogP contribution >= 0.6 is 0 Å². The maximum absolute atomic E-state index is 13.1. The van der Waals surface area contributed by atoms with Crippen molar-refractivity contribution in [1.29, 1.82) is 0 Å². The molecule has 1 amide bonds. The molecule has 2 saturated heterocycles. The molecule has 2 aliphatic heterocycles. The van der Waals surface area contributed by atoms with Crippen LogP contribution in [0.5, 0.6) is 5.75 Å². The summed E-state index contributed by atoms with van der Waals surface area (Å²) in [5, 5.41) is 9.82. The van der Waals surface area contributed by atoms with E-state index in [1.165, 1.54) is 17.7 Å². The molecule has 0 bridgehead atoms. The summed E-state index contributed by atoms with van der Waals surface area (Å²) < 4.78 is 44.4. The quantitative estimate of drug-likeness (QED) is 0.549. The van der Waals surface area contributed by atoms with Crippen LogP contribution in [0, 0.1) is 20.4 Å². The molecule has 2 heterocycles. The lowest BCUT2D eigenvalue weighted by molar-refractivity contribution is -0.137. The van der Waals surface area contributed by atoms with Crippen LogP contribution in [-0.2, 0) is 6.18 Å². The number of aliphatic hydroxyl groups is 1. The summed E-state index contributed by atoms with van der Waals surface area (Å²) in [5.74, 6) is 0.467. The lowest BCUT2D eigenvalue weighted by Crippen LogP contribution is -2.57. The van der Waals surface area contributed by atoms with Gasteiger partial charge in [-0.3, -0.25) is 9.69 Å². The Balaban J connectivity index is 1.44. The minimum absolute atomic E-state index is 0.00687. The molecule has 1 N–H and O–H groups in total. The van der Waals surface area contributed by atoms with Gasteiger partial charge in [-0.1, -0.05) is 6.07 Å². The molecular formula is C28H32F3N3O3. The average molecular weight is 516 g/mol. The van der Waals surface area contributed by atoms with E-state index >= 15 is 0 Å². The van der Waals surface area contributed by atoms with Crippen LogP contribution in [0.2, 0.25) is 0 Å². The number of ether oxygens (including phenoxy) is 1. The van der Waals surface area contributed by atoms with Crippen molar-refractivity contribution >= 4 is 5.91 Å². The normalized spacial score (nSPS) is 21.2. The van der Waals surface area contributed by atoms with Crippen LogP contribution in [-0.4, -0.2) is 65.7 Å². The van der Waals surface area contributed by atoms with Crippen molar-refractivity contribution in [2.45, 2.75) is 57.5 Å². The predicted molar refractivity (Wildman–Crippen MR) is 133 cm³/mol. The Hall–Kier alpha value is -3.09. The minimum atomic E-state index is -4.43. The highest BCUT2D eigenvalue weighted by atomic mass is 19.4. The second kappa shape index (κ2) is 11.1. The lowest BCUT2D eigenvalue weighted by atomic mass is 9.86. The van der Waals surface area contributed by atoms with Crippen LogP contribution in [0.15, 0.2) is 36.4 Å². The summed E-state index contributed by atoms with van der Waals surface area (Å²) in [7, 11) is 0. The zero-order chi connectivity index (χ0) is 26.7. The van der Waals surface area contributed by atoms with Crippen molar-refractivity contribution in [1.82, 2.24) is 9.80 Å². The van der Waals surface area contributed by atoms with Gasteiger partial charge in [0.05, 0.1) is 5.56 Å². The number of carbonyl (C=O) groups is 1. The second-order valence-corrected chi connectivity index (χ2v) is 9.87. The molecule has 3 atom stereocenters. The van der Waals surface area contributed by atoms with E-state index in [2.05, 4.69) is 22.7 Å². The first-order valence-corrected chi connectivity index (χ1v) is 12.6. The van der Waals surface area contributed by atoms with Gasteiger partial charge in [0.25, 0.3) is 5.91 Å². The molecule has 0 saturated carbocycles. The number of aliphatic hydroxyl groups excluding tert-OH is 1. The van der Waals surface area contributed by atoms with Gasteiger partial charge in [0.15, 0.2) is 6.10 Å². The zero-order valence-electron chi connectivity index (χ0n) is 21.1. The van der Waals surface area contributed by atoms with Crippen molar-refractivity contribution in [3.63, 3.8) is 0 Å². The molecular weight excluding hydrogens is 483 g/mol. The van der Waals surface area contributed by atoms with Gasteiger partial charge in [-0.25, -0.2) is 6.57 Å². The monoisotopic (exact) mass is 515 g/mol. The zero-order valence-corrected chi connectivity index (χ0v) is 21.1. The number of piperazine rings is 1. The number of halogens is 3. The Morgan fingerprint density at radius 2 is 1.86 bits per heavy atom. The summed E-state index contributed by atoms with van der Waals surface area (Å²) in [6, 6.07) is 8.85. The number of fused-ring (bicyclic) bond motifs is 1. The third-order valence-electron chi connectivity index (χ3n) is 7.56.